The molecule has 0 spiro atoms. The summed E-state index contributed by atoms with van der Waals surface area (Å²) in [4.78, 5) is 28.6. The van der Waals surface area contributed by atoms with Gasteiger partial charge in [0.1, 0.15) is 0 Å². The molecule has 1 N–H and O–H groups in total. The Bertz CT molecular complexity index is 1060. The van der Waals surface area contributed by atoms with Crippen molar-refractivity contribution in [3.05, 3.63) is 65.5 Å². The number of aryl methyl sites for hydroxylation is 1. The number of nitrogens with one attached hydrogen (secondary N) is 1. The summed E-state index contributed by atoms with van der Waals surface area (Å²) in [6, 6.07) is 17.2. The van der Waals surface area contributed by atoms with Gasteiger partial charge in [-0.3, -0.25) is 9.59 Å². The molecule has 1 fully saturated rings. The lowest BCUT2D eigenvalue weighted by Crippen LogP contribution is -2.51. The van der Waals surface area contributed by atoms with Gasteiger partial charge in [-0.25, -0.2) is 0 Å². The highest BCUT2D eigenvalue weighted by atomic mass is 35.5. The molecule has 1 aliphatic heterocycles. The van der Waals surface area contributed by atoms with Crippen LogP contribution in [0, 0.1) is 0 Å². The van der Waals surface area contributed by atoms with Crippen molar-refractivity contribution in [3.63, 3.8) is 0 Å². The maximum Gasteiger partial charge on any atom is 0.247 e. The largest absolute Gasteiger partial charge is 0.421 e. The Morgan fingerprint density at radius 1 is 0.970 bits per heavy atom. The van der Waals surface area contributed by atoms with Gasteiger partial charge >= 0.3 is 0 Å². The average Bonchev–Trinajstić information content (AvgIpc) is 3.33. The van der Waals surface area contributed by atoms with Gasteiger partial charge in [-0.2, -0.15) is 0 Å². The van der Waals surface area contributed by atoms with E-state index in [0.717, 1.165) is 24.3 Å². The Hall–Kier alpha value is -3.39. The number of anilines is 1. The van der Waals surface area contributed by atoms with Crippen LogP contribution >= 0.6 is 11.6 Å². The fourth-order valence-corrected chi connectivity index (χ4v) is 3.82. The number of carbonyl (C=O) groups is 2. The third kappa shape index (κ3) is 6.32. The van der Waals surface area contributed by atoms with E-state index in [2.05, 4.69) is 20.4 Å². The van der Waals surface area contributed by atoms with Crippen LogP contribution in [-0.4, -0.2) is 59.6 Å². The summed E-state index contributed by atoms with van der Waals surface area (Å²) in [7, 11) is 0. The van der Waals surface area contributed by atoms with Crippen LogP contribution in [0.2, 0.25) is 5.02 Å². The molecular weight excluding hydrogens is 442 g/mol. The molecule has 8 nitrogen and oxygen atoms in total. The molecule has 4 rings (SSSR count). The van der Waals surface area contributed by atoms with Gasteiger partial charge in [0, 0.05) is 55.3 Å². The first-order valence-electron chi connectivity index (χ1n) is 11.0. The molecule has 1 saturated heterocycles. The molecule has 0 atom stereocenters. The molecular formula is C24H26ClN5O3. The van der Waals surface area contributed by atoms with Gasteiger partial charge in [0.2, 0.25) is 23.6 Å². The zero-order valence-corrected chi connectivity index (χ0v) is 19.0. The Morgan fingerprint density at radius 2 is 1.70 bits per heavy atom. The van der Waals surface area contributed by atoms with Gasteiger partial charge in [0.15, 0.2) is 0 Å². The van der Waals surface area contributed by atoms with E-state index in [9.17, 15) is 9.59 Å². The first-order valence-corrected chi connectivity index (χ1v) is 11.4. The summed E-state index contributed by atoms with van der Waals surface area (Å²) in [5, 5.41) is 11.5. The molecule has 172 valence electrons. The van der Waals surface area contributed by atoms with Gasteiger partial charge in [-0.15, -0.1) is 10.2 Å². The number of piperazine rings is 1. The second-order valence-electron chi connectivity index (χ2n) is 7.84. The van der Waals surface area contributed by atoms with E-state index in [1.165, 1.54) is 0 Å². The van der Waals surface area contributed by atoms with Crippen LogP contribution in [0.1, 0.15) is 18.7 Å². The monoisotopic (exact) mass is 467 g/mol. The van der Waals surface area contributed by atoms with E-state index in [1.807, 2.05) is 54.6 Å². The van der Waals surface area contributed by atoms with Gasteiger partial charge in [0.25, 0.3) is 0 Å². The Labute approximate surface area is 197 Å². The van der Waals surface area contributed by atoms with Gasteiger partial charge in [-0.1, -0.05) is 29.8 Å². The molecule has 1 aliphatic rings. The maximum absolute atomic E-state index is 12.5. The lowest BCUT2D eigenvalue weighted by atomic mass is 10.2. The van der Waals surface area contributed by atoms with Crippen LogP contribution in [0.3, 0.4) is 0 Å². The predicted octanol–water partition coefficient (Wildman–Crippen LogP) is 3.18. The molecule has 9 heteroatoms. The number of hydrogen-bond donors (Lipinski definition) is 1. The first-order chi connectivity index (χ1) is 16.1. The molecule has 0 radical (unpaired) electrons. The van der Waals surface area contributed by atoms with Crippen LogP contribution in [0.15, 0.2) is 59.0 Å². The van der Waals surface area contributed by atoms with Crippen LogP contribution in [0.5, 0.6) is 0 Å². The Morgan fingerprint density at radius 3 is 2.42 bits per heavy atom. The highest BCUT2D eigenvalue weighted by Crippen LogP contribution is 2.20. The molecule has 2 amide bonds. The SMILES string of the molecule is O=C(CCCc1nnc(-c2ccccc2)o1)NCC(=O)N1CCN(c2ccc(Cl)cc2)CC1. The normalized spacial score (nSPS) is 13.7. The molecule has 1 aromatic heterocycles. The highest BCUT2D eigenvalue weighted by Gasteiger charge is 2.21. The van der Waals surface area contributed by atoms with Crippen molar-refractivity contribution in [1.82, 2.24) is 20.4 Å². The summed E-state index contributed by atoms with van der Waals surface area (Å²) in [5.74, 6) is 0.738. The fourth-order valence-electron chi connectivity index (χ4n) is 3.69. The number of carbonyl (C=O) groups excluding carboxylic acids is 2. The standard InChI is InChI=1S/C24H26ClN5O3/c25-19-9-11-20(12-10-19)29-13-15-30(16-14-29)23(32)17-26-21(31)7-4-8-22-27-28-24(33-22)18-5-2-1-3-6-18/h1-3,5-6,9-12H,4,7-8,13-17H2,(H,26,31). The summed E-state index contributed by atoms with van der Waals surface area (Å²) in [5.41, 5.74) is 1.96. The Kier molecular flexibility index (Phi) is 7.57. The van der Waals surface area contributed by atoms with Gasteiger partial charge < -0.3 is 19.5 Å². The second kappa shape index (κ2) is 11.0. The number of rotatable bonds is 8. The third-order valence-corrected chi connectivity index (χ3v) is 5.79. The van der Waals surface area contributed by atoms with E-state index in [0.29, 0.717) is 49.2 Å². The van der Waals surface area contributed by atoms with Crippen LogP contribution in [-0.2, 0) is 16.0 Å². The van der Waals surface area contributed by atoms with Crippen molar-refractivity contribution >= 4 is 29.1 Å². The highest BCUT2D eigenvalue weighted by molar-refractivity contribution is 6.30. The van der Waals surface area contributed by atoms with E-state index in [4.69, 9.17) is 16.0 Å². The van der Waals surface area contributed by atoms with Crippen LogP contribution < -0.4 is 10.2 Å². The molecule has 2 aromatic carbocycles. The number of benzene rings is 2. The second-order valence-corrected chi connectivity index (χ2v) is 8.28. The van der Waals surface area contributed by atoms with E-state index in [1.54, 1.807) is 4.90 Å². The van der Waals surface area contributed by atoms with Crippen molar-refractivity contribution in [2.45, 2.75) is 19.3 Å². The van der Waals surface area contributed by atoms with Crippen molar-refractivity contribution < 1.29 is 14.0 Å². The lowest BCUT2D eigenvalue weighted by molar-refractivity contribution is -0.133. The number of halogens is 1. The number of amides is 2. The smallest absolute Gasteiger partial charge is 0.247 e. The first kappa shape index (κ1) is 22.8. The Balaban J connectivity index is 1.14. The summed E-state index contributed by atoms with van der Waals surface area (Å²) >= 11 is 5.95. The fraction of sp³-hybridized carbons (Fsp3) is 0.333. The lowest BCUT2D eigenvalue weighted by Gasteiger charge is -2.36. The van der Waals surface area contributed by atoms with Crippen molar-refractivity contribution in [3.8, 4) is 11.5 Å². The molecule has 3 aromatic rings. The minimum Gasteiger partial charge on any atom is -0.421 e. The molecule has 0 bridgehead atoms. The summed E-state index contributed by atoms with van der Waals surface area (Å²) < 4.78 is 5.65. The molecule has 0 saturated carbocycles. The summed E-state index contributed by atoms with van der Waals surface area (Å²) in [6.45, 7) is 2.75. The van der Waals surface area contributed by atoms with Crippen molar-refractivity contribution in [2.24, 2.45) is 0 Å². The minimum absolute atomic E-state index is 0.0124. The molecule has 33 heavy (non-hydrogen) atoms. The quantitative estimate of drug-likeness (QED) is 0.547. The zero-order valence-electron chi connectivity index (χ0n) is 18.2. The van der Waals surface area contributed by atoms with E-state index < -0.39 is 0 Å². The third-order valence-electron chi connectivity index (χ3n) is 5.54. The van der Waals surface area contributed by atoms with E-state index in [-0.39, 0.29) is 18.4 Å². The molecule has 0 unspecified atom stereocenters. The summed E-state index contributed by atoms with van der Waals surface area (Å²) in [6.07, 6.45) is 1.37. The van der Waals surface area contributed by atoms with Crippen LogP contribution in [0.25, 0.3) is 11.5 Å². The topological polar surface area (TPSA) is 91.6 Å². The van der Waals surface area contributed by atoms with Crippen molar-refractivity contribution in [2.75, 3.05) is 37.6 Å². The van der Waals surface area contributed by atoms with Crippen molar-refractivity contribution in [1.29, 1.82) is 0 Å². The average molecular weight is 468 g/mol. The molecule has 0 aliphatic carbocycles. The van der Waals surface area contributed by atoms with Gasteiger partial charge in [-0.05, 0) is 42.8 Å². The van der Waals surface area contributed by atoms with E-state index >= 15 is 0 Å². The van der Waals surface area contributed by atoms with Crippen LogP contribution in [0.4, 0.5) is 5.69 Å². The predicted molar refractivity (Wildman–Crippen MR) is 126 cm³/mol. The number of aromatic nitrogens is 2. The number of nitrogens with zero attached hydrogens (tertiary/aromatic N) is 4. The minimum atomic E-state index is -0.161. The maximum atomic E-state index is 12.5. The number of hydrogen-bond acceptors (Lipinski definition) is 6. The molecule has 2 heterocycles. The zero-order chi connectivity index (χ0) is 23.0. The van der Waals surface area contributed by atoms with Gasteiger partial charge in [0.05, 0.1) is 6.54 Å².